The number of pyridine rings is 2. The van der Waals surface area contributed by atoms with Crippen LogP contribution in [0.25, 0.3) is 0 Å². The normalized spacial score (nSPS) is 9.71. The van der Waals surface area contributed by atoms with Crippen LogP contribution in [0.4, 0.5) is 17.3 Å². The predicted octanol–water partition coefficient (Wildman–Crippen LogP) is 3.75. The Morgan fingerprint density at radius 2 is 1.71 bits per heavy atom. The van der Waals surface area contributed by atoms with Gasteiger partial charge < -0.3 is 11.5 Å². The third-order valence-corrected chi connectivity index (χ3v) is 5.60. The first-order valence-corrected chi connectivity index (χ1v) is 7.96. The van der Waals surface area contributed by atoms with Gasteiger partial charge in [-0.1, -0.05) is 23.2 Å². The number of nitro groups is 1. The average molecular weight is 554 g/mol. The Balaban J connectivity index is 0.000000219. The summed E-state index contributed by atoms with van der Waals surface area (Å²) in [6.07, 6.45) is 2.62. The maximum absolute atomic E-state index is 10.3. The van der Waals surface area contributed by atoms with E-state index in [0.717, 1.165) is 9.77 Å². The first kappa shape index (κ1) is 18.4. The zero-order chi connectivity index (χ0) is 16.2. The van der Waals surface area contributed by atoms with Crippen molar-refractivity contribution in [2.45, 2.75) is 0 Å². The number of aromatic nitrogens is 2. The zero-order valence-electron chi connectivity index (χ0n) is 10.1. The molecule has 7 nitrogen and oxygen atoms in total. The molecule has 0 amide bonds. The molecule has 0 radical (unpaired) electrons. The summed E-state index contributed by atoms with van der Waals surface area (Å²) in [5, 5.41) is 11.0. The van der Waals surface area contributed by atoms with Crippen LogP contribution >= 0.6 is 68.4 Å². The van der Waals surface area contributed by atoms with Crippen LogP contribution in [0.15, 0.2) is 18.5 Å². The van der Waals surface area contributed by atoms with E-state index < -0.39 is 4.92 Å². The minimum absolute atomic E-state index is 0.0353. The number of anilines is 2. The van der Waals surface area contributed by atoms with E-state index in [2.05, 4.69) is 9.97 Å². The highest BCUT2D eigenvalue weighted by Crippen LogP contribution is 2.30. The van der Waals surface area contributed by atoms with Crippen LogP contribution in [-0.4, -0.2) is 14.9 Å². The molecule has 2 heterocycles. The van der Waals surface area contributed by atoms with Gasteiger partial charge in [-0.3, -0.25) is 10.1 Å². The number of halogens is 4. The van der Waals surface area contributed by atoms with Gasteiger partial charge in [-0.05, 0) is 51.2 Å². The second-order valence-corrected chi connectivity index (χ2v) is 6.35. The molecule has 0 saturated carbocycles. The molecule has 0 aromatic carbocycles. The van der Waals surface area contributed by atoms with Gasteiger partial charge in [0.05, 0.1) is 17.1 Å². The molecule has 0 unspecified atom stereocenters. The first-order valence-electron chi connectivity index (χ1n) is 5.05. The molecule has 2 aromatic heterocycles. The molecule has 0 fully saturated rings. The van der Waals surface area contributed by atoms with E-state index in [-0.39, 0.29) is 16.5 Å². The van der Waals surface area contributed by atoms with E-state index in [1.807, 2.05) is 22.6 Å². The Kier molecular flexibility index (Phi) is 7.09. The van der Waals surface area contributed by atoms with Crippen molar-refractivity contribution in [2.75, 3.05) is 11.5 Å². The fourth-order valence-electron chi connectivity index (χ4n) is 1.03. The monoisotopic (exact) mass is 553 g/mol. The third-order valence-electron chi connectivity index (χ3n) is 2.03. The van der Waals surface area contributed by atoms with Gasteiger partial charge in [0.25, 0.3) is 0 Å². The smallest absolute Gasteiger partial charge is 0.307 e. The summed E-state index contributed by atoms with van der Waals surface area (Å²) in [5.41, 5.74) is 10.6. The van der Waals surface area contributed by atoms with Crippen molar-refractivity contribution in [3.63, 3.8) is 0 Å². The van der Waals surface area contributed by atoms with Crippen LogP contribution in [0.3, 0.4) is 0 Å². The standard InChI is InChI=1S/C5H3ClIN3O2.C5H4ClIN2/c6-3-2(10(11)12)1-9-5(8)4(3)7;6-3-1-2-9-5(8)4(3)7/h1H,(H2,8,9);1-2H,(H2,8,9). The van der Waals surface area contributed by atoms with Crippen LogP contribution in [0.1, 0.15) is 0 Å². The SMILES string of the molecule is Nc1ncc([N+](=O)[O-])c(Cl)c1I.Nc1nccc(Cl)c1I. The van der Waals surface area contributed by atoms with Gasteiger partial charge in [-0.25, -0.2) is 9.97 Å². The molecule has 4 N–H and O–H groups in total. The summed E-state index contributed by atoms with van der Waals surface area (Å²) in [6, 6.07) is 1.71. The molecule has 0 atom stereocenters. The Morgan fingerprint density at radius 3 is 2.19 bits per heavy atom. The number of rotatable bonds is 1. The molecular formula is C10H7Cl2I2N5O2. The maximum atomic E-state index is 10.3. The van der Waals surface area contributed by atoms with E-state index in [9.17, 15) is 10.1 Å². The second kappa shape index (κ2) is 8.10. The highest BCUT2D eigenvalue weighted by atomic mass is 127. The van der Waals surface area contributed by atoms with Crippen molar-refractivity contribution >= 4 is 85.7 Å². The topological polar surface area (TPSA) is 121 Å². The maximum Gasteiger partial charge on any atom is 0.307 e. The van der Waals surface area contributed by atoms with Gasteiger partial charge in [0, 0.05) is 6.20 Å². The fourth-order valence-corrected chi connectivity index (χ4v) is 2.13. The Morgan fingerprint density at radius 1 is 1.14 bits per heavy atom. The molecule has 0 aliphatic rings. The minimum atomic E-state index is -0.600. The second-order valence-electron chi connectivity index (χ2n) is 3.41. The molecule has 0 aliphatic heterocycles. The van der Waals surface area contributed by atoms with Gasteiger partial charge in [0.1, 0.15) is 22.9 Å². The fraction of sp³-hybridized carbons (Fsp3) is 0. The highest BCUT2D eigenvalue weighted by Gasteiger charge is 2.17. The number of nitrogens with zero attached hydrogens (tertiary/aromatic N) is 3. The summed E-state index contributed by atoms with van der Waals surface area (Å²) >= 11 is 15.2. The quantitative estimate of drug-likeness (QED) is 0.315. The van der Waals surface area contributed by atoms with Gasteiger partial charge in [0.15, 0.2) is 0 Å². The van der Waals surface area contributed by atoms with Crippen molar-refractivity contribution in [1.29, 1.82) is 0 Å². The number of nitrogen functional groups attached to an aromatic ring is 2. The largest absolute Gasteiger partial charge is 0.383 e. The molecule has 0 aliphatic carbocycles. The van der Waals surface area contributed by atoms with Gasteiger partial charge >= 0.3 is 5.69 Å². The van der Waals surface area contributed by atoms with Crippen molar-refractivity contribution in [3.8, 4) is 0 Å². The Labute approximate surface area is 156 Å². The molecule has 2 rings (SSSR count). The van der Waals surface area contributed by atoms with Crippen LogP contribution in [0.2, 0.25) is 10.0 Å². The summed E-state index contributed by atoms with van der Waals surface area (Å²) in [7, 11) is 0. The highest BCUT2D eigenvalue weighted by molar-refractivity contribution is 14.1. The van der Waals surface area contributed by atoms with Gasteiger partial charge in [-0.15, -0.1) is 0 Å². The molecule has 112 valence electrons. The number of hydrogen-bond donors (Lipinski definition) is 2. The number of hydrogen-bond acceptors (Lipinski definition) is 6. The zero-order valence-corrected chi connectivity index (χ0v) is 15.9. The van der Waals surface area contributed by atoms with Crippen molar-refractivity contribution in [3.05, 3.63) is 45.8 Å². The average Bonchev–Trinajstić information content (AvgIpc) is 2.42. The van der Waals surface area contributed by atoms with Crippen LogP contribution < -0.4 is 11.5 Å². The molecule has 21 heavy (non-hydrogen) atoms. The van der Waals surface area contributed by atoms with Crippen LogP contribution in [0.5, 0.6) is 0 Å². The third kappa shape index (κ3) is 4.93. The predicted molar refractivity (Wildman–Crippen MR) is 99.4 cm³/mol. The van der Waals surface area contributed by atoms with E-state index >= 15 is 0 Å². The van der Waals surface area contributed by atoms with Gasteiger partial charge in [0.2, 0.25) is 0 Å². The van der Waals surface area contributed by atoms with Gasteiger partial charge in [-0.2, -0.15) is 0 Å². The molecule has 2 aromatic rings. The van der Waals surface area contributed by atoms with E-state index in [4.69, 9.17) is 34.7 Å². The first-order chi connectivity index (χ1) is 9.75. The van der Waals surface area contributed by atoms with Crippen molar-refractivity contribution < 1.29 is 4.92 Å². The summed E-state index contributed by atoms with van der Waals surface area (Å²) in [6.45, 7) is 0. The molecule has 11 heteroatoms. The lowest BCUT2D eigenvalue weighted by Crippen LogP contribution is -1.98. The van der Waals surface area contributed by atoms with E-state index in [1.165, 1.54) is 0 Å². The lowest BCUT2D eigenvalue weighted by atomic mass is 10.4. The summed E-state index contributed by atoms with van der Waals surface area (Å²) < 4.78 is 1.22. The van der Waals surface area contributed by atoms with Crippen LogP contribution in [-0.2, 0) is 0 Å². The molecular weight excluding hydrogens is 547 g/mol. The van der Waals surface area contributed by atoms with E-state index in [1.54, 1.807) is 34.9 Å². The lowest BCUT2D eigenvalue weighted by molar-refractivity contribution is -0.385. The summed E-state index contributed by atoms with van der Waals surface area (Å²) in [5.74, 6) is 0.689. The molecule has 0 bridgehead atoms. The Bertz CT molecular complexity index is 666. The van der Waals surface area contributed by atoms with E-state index in [0.29, 0.717) is 14.4 Å². The van der Waals surface area contributed by atoms with Crippen molar-refractivity contribution in [1.82, 2.24) is 9.97 Å². The summed E-state index contributed by atoms with van der Waals surface area (Å²) in [4.78, 5) is 17.2. The minimum Gasteiger partial charge on any atom is -0.383 e. The molecule has 0 spiro atoms. The lowest BCUT2D eigenvalue weighted by Gasteiger charge is -1.99. The van der Waals surface area contributed by atoms with Crippen LogP contribution in [0, 0.1) is 17.3 Å². The molecule has 0 saturated heterocycles. The number of nitrogens with two attached hydrogens (primary N) is 2. The Hall–Kier alpha value is -0.660. The van der Waals surface area contributed by atoms with Crippen molar-refractivity contribution in [2.24, 2.45) is 0 Å².